The number of carbonyl (C=O) groups is 1. The number of hydrogen-bond donors (Lipinski definition) is 3. The predicted molar refractivity (Wildman–Crippen MR) is 71.5 cm³/mol. The van der Waals surface area contributed by atoms with Crippen molar-refractivity contribution in [3.63, 3.8) is 0 Å². The van der Waals surface area contributed by atoms with E-state index in [1.807, 2.05) is 19.1 Å². The van der Waals surface area contributed by atoms with Crippen LogP contribution in [0.5, 0.6) is 0 Å². The molecule has 0 aliphatic carbocycles. The molecule has 0 aliphatic heterocycles. The van der Waals surface area contributed by atoms with Gasteiger partial charge < -0.3 is 11.1 Å². The Kier molecular flexibility index (Phi) is 3.99. The topological polar surface area (TPSA) is 106 Å². The van der Waals surface area contributed by atoms with Gasteiger partial charge in [0.1, 0.15) is 0 Å². The first-order valence-corrected chi connectivity index (χ1v) is 5.72. The molecule has 2 aromatic rings. The zero-order valence-corrected chi connectivity index (χ0v) is 10.4. The number of carbonyl (C=O) groups excluding carboxylic acids is 1. The largest absolute Gasteiger partial charge is 0.326 e. The highest BCUT2D eigenvalue weighted by Gasteiger charge is 2.05. The number of amides is 2. The lowest BCUT2D eigenvalue weighted by molar-refractivity contribution is 0.262. The van der Waals surface area contributed by atoms with Gasteiger partial charge in [0.25, 0.3) is 5.95 Å². The van der Waals surface area contributed by atoms with Crippen molar-refractivity contribution in [2.45, 2.75) is 13.0 Å². The first-order valence-electron chi connectivity index (χ1n) is 5.72. The van der Waals surface area contributed by atoms with Gasteiger partial charge >= 0.3 is 6.03 Å². The van der Waals surface area contributed by atoms with Gasteiger partial charge in [-0.25, -0.2) is 9.78 Å². The van der Waals surface area contributed by atoms with Gasteiger partial charge in [0.2, 0.25) is 0 Å². The van der Waals surface area contributed by atoms with Crippen molar-refractivity contribution in [3.8, 4) is 0 Å². The van der Waals surface area contributed by atoms with E-state index in [4.69, 9.17) is 5.73 Å². The minimum absolute atomic E-state index is 0.0355. The van der Waals surface area contributed by atoms with Crippen LogP contribution in [0.25, 0.3) is 0 Å². The Labute approximate surface area is 110 Å². The van der Waals surface area contributed by atoms with Crippen molar-refractivity contribution in [2.24, 2.45) is 5.73 Å². The van der Waals surface area contributed by atoms with Gasteiger partial charge in [-0.15, -0.1) is 5.10 Å². The fraction of sp³-hybridized carbons (Fsp3) is 0.167. The van der Waals surface area contributed by atoms with E-state index >= 15 is 0 Å². The molecule has 1 heterocycles. The Balaban J connectivity index is 1.95. The molecule has 2 amide bonds. The van der Waals surface area contributed by atoms with Crippen LogP contribution in [-0.2, 0) is 0 Å². The molecule has 1 aromatic carbocycles. The van der Waals surface area contributed by atoms with E-state index in [-0.39, 0.29) is 12.0 Å². The molecule has 1 aromatic heterocycles. The second-order valence-electron chi connectivity index (χ2n) is 3.96. The number of aromatic nitrogens is 3. The van der Waals surface area contributed by atoms with Crippen LogP contribution in [0.3, 0.4) is 0 Å². The molecule has 4 N–H and O–H groups in total. The number of nitrogens with two attached hydrogens (primary N) is 1. The Hall–Kier alpha value is -2.54. The van der Waals surface area contributed by atoms with Crippen LogP contribution in [-0.4, -0.2) is 21.2 Å². The smallest absolute Gasteiger partial charge is 0.324 e. The highest BCUT2D eigenvalue weighted by Crippen LogP contribution is 2.14. The SMILES string of the molecule is CC(N)c1ccc(NC(=O)Nc2nccnn2)cc1. The van der Waals surface area contributed by atoms with Crippen molar-refractivity contribution in [1.29, 1.82) is 0 Å². The third kappa shape index (κ3) is 3.71. The summed E-state index contributed by atoms with van der Waals surface area (Å²) in [7, 11) is 0. The highest BCUT2D eigenvalue weighted by atomic mass is 16.2. The van der Waals surface area contributed by atoms with Gasteiger partial charge in [0.05, 0.1) is 12.4 Å². The van der Waals surface area contributed by atoms with Crippen LogP contribution in [0.4, 0.5) is 16.4 Å². The zero-order valence-electron chi connectivity index (χ0n) is 10.4. The Bertz CT molecular complexity index is 540. The molecule has 1 unspecified atom stereocenters. The second-order valence-corrected chi connectivity index (χ2v) is 3.96. The molecule has 7 nitrogen and oxygen atoms in total. The molecule has 7 heteroatoms. The number of anilines is 2. The van der Waals surface area contributed by atoms with Gasteiger partial charge in [0.15, 0.2) is 0 Å². The van der Waals surface area contributed by atoms with Gasteiger partial charge in [-0.1, -0.05) is 12.1 Å². The summed E-state index contributed by atoms with van der Waals surface area (Å²) >= 11 is 0. The standard InChI is InChI=1S/C12H14N6O/c1-8(13)9-2-4-10(5-3-9)16-12(19)17-11-14-6-7-15-18-11/h2-8H,13H2,1H3,(H2,14,16,17,18,19). The van der Waals surface area contributed by atoms with E-state index in [1.165, 1.54) is 12.4 Å². The average molecular weight is 258 g/mol. The summed E-state index contributed by atoms with van der Waals surface area (Å²) in [6.45, 7) is 1.90. The number of benzene rings is 1. The van der Waals surface area contributed by atoms with E-state index < -0.39 is 6.03 Å². The summed E-state index contributed by atoms with van der Waals surface area (Å²) in [6.07, 6.45) is 2.87. The van der Waals surface area contributed by atoms with E-state index in [2.05, 4.69) is 25.8 Å². The molecule has 0 bridgehead atoms. The summed E-state index contributed by atoms with van der Waals surface area (Å²) in [5.41, 5.74) is 7.40. The fourth-order valence-electron chi connectivity index (χ4n) is 1.44. The first-order chi connectivity index (χ1) is 9.15. The number of rotatable bonds is 3. The molecule has 0 fully saturated rings. The normalized spacial score (nSPS) is 11.7. The van der Waals surface area contributed by atoms with Gasteiger partial charge in [-0.3, -0.25) is 5.32 Å². The van der Waals surface area contributed by atoms with Crippen LogP contribution in [0.1, 0.15) is 18.5 Å². The lowest BCUT2D eigenvalue weighted by Gasteiger charge is -2.08. The summed E-state index contributed by atoms with van der Waals surface area (Å²) in [6, 6.07) is 6.82. The van der Waals surface area contributed by atoms with Crippen LogP contribution in [0.15, 0.2) is 36.7 Å². The molecule has 0 spiro atoms. The third-order valence-electron chi connectivity index (χ3n) is 2.40. The Morgan fingerprint density at radius 2 is 1.95 bits per heavy atom. The molecule has 0 radical (unpaired) electrons. The van der Waals surface area contributed by atoms with Crippen molar-refractivity contribution in [2.75, 3.05) is 10.6 Å². The molecule has 19 heavy (non-hydrogen) atoms. The lowest BCUT2D eigenvalue weighted by Crippen LogP contribution is -2.21. The van der Waals surface area contributed by atoms with E-state index in [0.717, 1.165) is 5.56 Å². The van der Waals surface area contributed by atoms with Crippen LogP contribution < -0.4 is 16.4 Å². The monoisotopic (exact) mass is 258 g/mol. The highest BCUT2D eigenvalue weighted by molar-refractivity contribution is 5.98. The maximum Gasteiger partial charge on any atom is 0.326 e. The Morgan fingerprint density at radius 1 is 1.21 bits per heavy atom. The summed E-state index contributed by atoms with van der Waals surface area (Å²) < 4.78 is 0. The minimum atomic E-state index is -0.429. The molecule has 0 saturated heterocycles. The van der Waals surface area contributed by atoms with Crippen molar-refractivity contribution in [3.05, 3.63) is 42.2 Å². The molecule has 98 valence electrons. The summed E-state index contributed by atoms with van der Waals surface area (Å²) in [5, 5.41) is 12.4. The van der Waals surface area contributed by atoms with Crippen LogP contribution in [0.2, 0.25) is 0 Å². The maximum atomic E-state index is 11.6. The summed E-state index contributed by atoms with van der Waals surface area (Å²) in [5.74, 6) is 0.146. The van der Waals surface area contributed by atoms with E-state index in [0.29, 0.717) is 5.69 Å². The molecule has 0 aliphatic rings. The number of urea groups is 1. The van der Waals surface area contributed by atoms with E-state index in [9.17, 15) is 4.79 Å². The average Bonchev–Trinajstić information content (AvgIpc) is 2.40. The fourth-order valence-corrected chi connectivity index (χ4v) is 1.44. The zero-order chi connectivity index (χ0) is 13.7. The van der Waals surface area contributed by atoms with Crippen molar-refractivity contribution >= 4 is 17.7 Å². The van der Waals surface area contributed by atoms with Gasteiger partial charge in [-0.2, -0.15) is 5.10 Å². The van der Waals surface area contributed by atoms with Gasteiger partial charge in [-0.05, 0) is 24.6 Å². The van der Waals surface area contributed by atoms with Crippen LogP contribution in [0, 0.1) is 0 Å². The minimum Gasteiger partial charge on any atom is -0.324 e. The van der Waals surface area contributed by atoms with Gasteiger partial charge in [0, 0.05) is 11.7 Å². The molecule has 1 atom stereocenters. The molecular weight excluding hydrogens is 244 g/mol. The molecule has 0 saturated carbocycles. The number of nitrogens with zero attached hydrogens (tertiary/aromatic N) is 3. The molecule has 2 rings (SSSR count). The third-order valence-corrected chi connectivity index (χ3v) is 2.40. The predicted octanol–water partition coefficient (Wildman–Crippen LogP) is 1.54. The maximum absolute atomic E-state index is 11.6. The number of hydrogen-bond acceptors (Lipinski definition) is 5. The van der Waals surface area contributed by atoms with Crippen molar-refractivity contribution in [1.82, 2.24) is 15.2 Å². The van der Waals surface area contributed by atoms with Crippen LogP contribution >= 0.6 is 0 Å². The quantitative estimate of drug-likeness (QED) is 0.774. The first kappa shape index (κ1) is 12.9. The molecular formula is C12H14N6O. The second kappa shape index (κ2) is 5.87. The van der Waals surface area contributed by atoms with Crippen molar-refractivity contribution < 1.29 is 4.79 Å². The number of nitrogens with one attached hydrogen (secondary N) is 2. The van der Waals surface area contributed by atoms with E-state index in [1.54, 1.807) is 12.1 Å². The Morgan fingerprint density at radius 3 is 2.53 bits per heavy atom. The summed E-state index contributed by atoms with van der Waals surface area (Å²) in [4.78, 5) is 15.5. The lowest BCUT2D eigenvalue weighted by atomic mass is 10.1.